The van der Waals surface area contributed by atoms with Gasteiger partial charge in [-0.1, -0.05) is 0 Å². The van der Waals surface area contributed by atoms with Crippen LogP contribution < -0.4 is 0 Å². The molecule has 0 aromatic rings. The van der Waals surface area contributed by atoms with Crippen molar-refractivity contribution in [2.75, 3.05) is 14.1 Å². The maximum Gasteiger partial charge on any atom is 0.0592 e. The quantitative estimate of drug-likeness (QED) is 0.523. The van der Waals surface area contributed by atoms with Gasteiger partial charge in [0.25, 0.3) is 0 Å². The molecule has 2 atom stereocenters. The Morgan fingerprint density at radius 3 is 1.64 bits per heavy atom. The SMILES string of the molecule is CC1CC(C)N(C)C(C)N1C. The normalized spacial score (nSPS) is 42.8. The monoisotopic (exact) mass is 156 g/mol. The second-order valence-electron chi connectivity index (χ2n) is 3.90. The van der Waals surface area contributed by atoms with Gasteiger partial charge in [-0.25, -0.2) is 0 Å². The van der Waals surface area contributed by atoms with E-state index < -0.39 is 0 Å². The van der Waals surface area contributed by atoms with Crippen molar-refractivity contribution in [1.29, 1.82) is 0 Å². The van der Waals surface area contributed by atoms with E-state index in [1.807, 2.05) is 0 Å². The summed E-state index contributed by atoms with van der Waals surface area (Å²) in [7, 11) is 4.41. The Hall–Kier alpha value is -0.0800. The highest BCUT2D eigenvalue weighted by Gasteiger charge is 2.29. The Labute approximate surface area is 70.2 Å². The first-order valence-corrected chi connectivity index (χ1v) is 4.48. The molecule has 0 saturated carbocycles. The molecule has 2 heteroatoms. The van der Waals surface area contributed by atoms with Crippen LogP contribution in [-0.2, 0) is 0 Å². The van der Waals surface area contributed by atoms with Crippen LogP contribution in [0, 0.1) is 0 Å². The summed E-state index contributed by atoms with van der Waals surface area (Å²) in [4.78, 5) is 4.86. The minimum absolute atomic E-state index is 0.591. The van der Waals surface area contributed by atoms with Gasteiger partial charge in [-0.2, -0.15) is 0 Å². The van der Waals surface area contributed by atoms with Crippen LogP contribution in [0.3, 0.4) is 0 Å². The number of hydrogen-bond donors (Lipinski definition) is 0. The summed E-state index contributed by atoms with van der Waals surface area (Å²) in [5.41, 5.74) is 0. The van der Waals surface area contributed by atoms with Crippen LogP contribution >= 0.6 is 0 Å². The van der Waals surface area contributed by atoms with E-state index in [0.717, 1.165) is 12.1 Å². The van der Waals surface area contributed by atoms with Gasteiger partial charge >= 0.3 is 0 Å². The molecule has 0 bridgehead atoms. The third-order valence-corrected chi connectivity index (χ3v) is 3.25. The van der Waals surface area contributed by atoms with E-state index in [9.17, 15) is 0 Å². The van der Waals surface area contributed by atoms with E-state index >= 15 is 0 Å². The van der Waals surface area contributed by atoms with Gasteiger partial charge in [0, 0.05) is 12.1 Å². The highest BCUT2D eigenvalue weighted by Crippen LogP contribution is 2.21. The second-order valence-corrected chi connectivity index (χ2v) is 3.90. The molecule has 11 heavy (non-hydrogen) atoms. The van der Waals surface area contributed by atoms with Gasteiger partial charge in [0.2, 0.25) is 0 Å². The van der Waals surface area contributed by atoms with Crippen molar-refractivity contribution in [2.45, 2.75) is 45.4 Å². The van der Waals surface area contributed by atoms with Gasteiger partial charge in [-0.3, -0.25) is 9.80 Å². The van der Waals surface area contributed by atoms with Crippen molar-refractivity contribution in [1.82, 2.24) is 9.80 Å². The molecule has 0 aromatic carbocycles. The second kappa shape index (κ2) is 3.11. The van der Waals surface area contributed by atoms with Crippen LogP contribution in [0.2, 0.25) is 0 Å². The summed E-state index contributed by atoms with van der Waals surface area (Å²) in [6.07, 6.45) is 1.88. The van der Waals surface area contributed by atoms with Crippen molar-refractivity contribution < 1.29 is 0 Å². The summed E-state index contributed by atoms with van der Waals surface area (Å²) < 4.78 is 0. The average Bonchev–Trinajstić information content (AvgIpc) is 1.97. The fourth-order valence-corrected chi connectivity index (χ4v) is 1.85. The van der Waals surface area contributed by atoms with Crippen LogP contribution in [0.4, 0.5) is 0 Å². The molecule has 0 aromatic heterocycles. The molecule has 1 fully saturated rings. The predicted molar refractivity (Wildman–Crippen MR) is 48.5 cm³/mol. The third-order valence-electron chi connectivity index (χ3n) is 3.25. The van der Waals surface area contributed by atoms with Crippen molar-refractivity contribution >= 4 is 0 Å². The van der Waals surface area contributed by atoms with E-state index in [2.05, 4.69) is 44.7 Å². The van der Waals surface area contributed by atoms with Gasteiger partial charge in [-0.05, 0) is 41.3 Å². The molecular formula is C9H20N2. The molecule has 0 aliphatic carbocycles. The lowest BCUT2D eigenvalue weighted by molar-refractivity contribution is -0.0146. The lowest BCUT2D eigenvalue weighted by Crippen LogP contribution is -2.56. The zero-order valence-electron chi connectivity index (χ0n) is 8.33. The van der Waals surface area contributed by atoms with Crippen LogP contribution in [-0.4, -0.2) is 42.1 Å². The first kappa shape index (κ1) is 9.01. The maximum absolute atomic E-state index is 2.43. The highest BCUT2D eigenvalue weighted by molar-refractivity contribution is 4.82. The van der Waals surface area contributed by atoms with E-state index in [-0.39, 0.29) is 0 Å². The zero-order chi connectivity index (χ0) is 8.59. The van der Waals surface area contributed by atoms with Crippen molar-refractivity contribution in [2.24, 2.45) is 0 Å². The molecular weight excluding hydrogens is 136 g/mol. The van der Waals surface area contributed by atoms with Crippen LogP contribution in [0.15, 0.2) is 0 Å². The molecule has 1 heterocycles. The molecule has 2 unspecified atom stereocenters. The van der Waals surface area contributed by atoms with Crippen LogP contribution in [0.5, 0.6) is 0 Å². The van der Waals surface area contributed by atoms with Gasteiger partial charge in [0.1, 0.15) is 0 Å². The molecule has 0 amide bonds. The molecule has 1 aliphatic rings. The first-order chi connectivity index (χ1) is 5.04. The Kier molecular flexibility index (Phi) is 2.55. The predicted octanol–water partition coefficient (Wildman–Crippen LogP) is 1.38. The van der Waals surface area contributed by atoms with E-state index in [1.165, 1.54) is 6.42 Å². The van der Waals surface area contributed by atoms with Gasteiger partial charge in [0.15, 0.2) is 0 Å². The molecule has 0 spiro atoms. The topological polar surface area (TPSA) is 6.48 Å². The maximum atomic E-state index is 2.43. The minimum Gasteiger partial charge on any atom is -0.288 e. The molecule has 0 radical (unpaired) electrons. The summed E-state index contributed by atoms with van der Waals surface area (Å²) in [5, 5.41) is 0. The first-order valence-electron chi connectivity index (χ1n) is 4.48. The van der Waals surface area contributed by atoms with E-state index in [1.54, 1.807) is 0 Å². The fraction of sp³-hybridized carbons (Fsp3) is 1.00. The van der Waals surface area contributed by atoms with Gasteiger partial charge < -0.3 is 0 Å². The Balaban J connectivity index is 2.63. The third kappa shape index (κ3) is 1.57. The fourth-order valence-electron chi connectivity index (χ4n) is 1.85. The summed E-state index contributed by atoms with van der Waals surface area (Å²) >= 11 is 0. The Morgan fingerprint density at radius 2 is 1.27 bits per heavy atom. The number of rotatable bonds is 0. The van der Waals surface area contributed by atoms with Crippen LogP contribution in [0.1, 0.15) is 27.2 Å². The highest BCUT2D eigenvalue weighted by atomic mass is 15.4. The zero-order valence-corrected chi connectivity index (χ0v) is 8.33. The molecule has 2 nitrogen and oxygen atoms in total. The molecule has 1 saturated heterocycles. The lowest BCUT2D eigenvalue weighted by atomic mass is 10.0. The Morgan fingerprint density at radius 1 is 0.909 bits per heavy atom. The summed E-state index contributed by atoms with van der Waals surface area (Å²) in [6.45, 7) is 6.88. The standard InChI is InChI=1S/C9H20N2/c1-7-6-8(2)11(5)9(3)10(7)4/h7-9H,6H2,1-5H3. The molecule has 1 rings (SSSR count). The lowest BCUT2D eigenvalue weighted by Gasteiger charge is -2.46. The Bertz CT molecular complexity index is 122. The van der Waals surface area contributed by atoms with Crippen molar-refractivity contribution in [3.8, 4) is 0 Å². The smallest absolute Gasteiger partial charge is 0.0592 e. The average molecular weight is 156 g/mol. The summed E-state index contributed by atoms with van der Waals surface area (Å²) in [6, 6.07) is 1.47. The van der Waals surface area contributed by atoms with Gasteiger partial charge in [0.05, 0.1) is 6.17 Å². The van der Waals surface area contributed by atoms with Crippen molar-refractivity contribution in [3.63, 3.8) is 0 Å². The van der Waals surface area contributed by atoms with E-state index in [4.69, 9.17) is 0 Å². The largest absolute Gasteiger partial charge is 0.288 e. The van der Waals surface area contributed by atoms with Gasteiger partial charge in [-0.15, -0.1) is 0 Å². The summed E-state index contributed by atoms with van der Waals surface area (Å²) in [5.74, 6) is 0. The molecule has 66 valence electrons. The van der Waals surface area contributed by atoms with E-state index in [0.29, 0.717) is 6.17 Å². The number of hydrogen-bond acceptors (Lipinski definition) is 2. The molecule has 0 N–H and O–H groups in total. The van der Waals surface area contributed by atoms with Crippen LogP contribution in [0.25, 0.3) is 0 Å². The minimum atomic E-state index is 0.591. The van der Waals surface area contributed by atoms with Crippen molar-refractivity contribution in [3.05, 3.63) is 0 Å². The number of nitrogens with zero attached hydrogens (tertiary/aromatic N) is 2. The molecule has 1 aliphatic heterocycles.